The van der Waals surface area contributed by atoms with Gasteiger partial charge in [-0.15, -0.1) is 0 Å². The molecular formula is C15H23NO. The van der Waals surface area contributed by atoms with Gasteiger partial charge in [-0.3, -0.25) is 0 Å². The monoisotopic (exact) mass is 233 g/mol. The fourth-order valence-corrected chi connectivity index (χ4v) is 2.34. The summed E-state index contributed by atoms with van der Waals surface area (Å²) in [5.41, 5.74) is 2.75. The highest BCUT2D eigenvalue weighted by Crippen LogP contribution is 2.24. The number of benzene rings is 1. The third-order valence-corrected chi connectivity index (χ3v) is 3.32. The van der Waals surface area contributed by atoms with Crippen molar-refractivity contribution in [2.45, 2.75) is 39.3 Å². The van der Waals surface area contributed by atoms with E-state index in [1.807, 2.05) is 0 Å². The van der Waals surface area contributed by atoms with Gasteiger partial charge in [0, 0.05) is 0 Å². The molecule has 0 amide bonds. The molecule has 2 nitrogen and oxygen atoms in total. The summed E-state index contributed by atoms with van der Waals surface area (Å²) in [5.74, 6) is 0.798. The van der Waals surface area contributed by atoms with Gasteiger partial charge in [-0.25, -0.2) is 0 Å². The molecule has 2 heteroatoms. The van der Waals surface area contributed by atoms with Crippen molar-refractivity contribution in [1.82, 2.24) is 5.32 Å². The first-order valence-electron chi connectivity index (χ1n) is 6.66. The van der Waals surface area contributed by atoms with Crippen molar-refractivity contribution in [2.24, 2.45) is 5.92 Å². The molecule has 0 spiro atoms. The van der Waals surface area contributed by atoms with Crippen LogP contribution in [-0.4, -0.2) is 13.2 Å². The van der Waals surface area contributed by atoms with Crippen LogP contribution in [0, 0.1) is 5.92 Å². The third kappa shape index (κ3) is 3.55. The second kappa shape index (κ2) is 6.18. The van der Waals surface area contributed by atoms with E-state index in [1.165, 1.54) is 24.0 Å². The molecule has 2 rings (SSSR count). The first-order chi connectivity index (χ1) is 8.27. The third-order valence-electron chi connectivity index (χ3n) is 3.32. The summed E-state index contributed by atoms with van der Waals surface area (Å²) in [6.07, 6.45) is 2.54. The molecule has 0 radical (unpaired) electrons. The molecule has 0 saturated heterocycles. The number of hydrogen-bond donors (Lipinski definition) is 1. The zero-order valence-corrected chi connectivity index (χ0v) is 10.9. The van der Waals surface area contributed by atoms with Crippen LogP contribution in [0.5, 0.6) is 0 Å². The van der Waals surface area contributed by atoms with E-state index in [1.54, 1.807) is 0 Å². The molecule has 1 N–H and O–H groups in total. The number of nitrogens with one attached hydrogen (secondary N) is 1. The lowest BCUT2D eigenvalue weighted by atomic mass is 9.99. The minimum atomic E-state index is 0.382. The molecular weight excluding hydrogens is 210 g/mol. The van der Waals surface area contributed by atoms with Gasteiger partial charge < -0.3 is 10.1 Å². The van der Waals surface area contributed by atoms with Gasteiger partial charge in [-0.1, -0.05) is 38.1 Å². The van der Waals surface area contributed by atoms with Gasteiger partial charge in [0.2, 0.25) is 0 Å². The van der Waals surface area contributed by atoms with E-state index in [9.17, 15) is 0 Å². The number of ether oxygens (including phenoxy) is 1. The lowest BCUT2D eigenvalue weighted by molar-refractivity contribution is 0.0820. The first kappa shape index (κ1) is 12.6. The Morgan fingerprint density at radius 3 is 3.00 bits per heavy atom. The molecule has 1 atom stereocenters. The van der Waals surface area contributed by atoms with Gasteiger partial charge in [0.05, 0.1) is 19.3 Å². The summed E-state index contributed by atoms with van der Waals surface area (Å²) < 4.78 is 5.62. The van der Waals surface area contributed by atoms with Crippen LogP contribution in [0.1, 0.15) is 43.9 Å². The Labute approximate surface area is 104 Å². The van der Waals surface area contributed by atoms with E-state index in [0.29, 0.717) is 6.04 Å². The molecule has 1 heterocycles. The minimum Gasteiger partial charge on any atom is -0.375 e. The van der Waals surface area contributed by atoms with Crippen LogP contribution in [0.25, 0.3) is 0 Å². The van der Waals surface area contributed by atoms with Crippen molar-refractivity contribution >= 4 is 0 Å². The average molecular weight is 233 g/mol. The Morgan fingerprint density at radius 1 is 1.35 bits per heavy atom. The molecule has 94 valence electrons. The van der Waals surface area contributed by atoms with Crippen molar-refractivity contribution in [2.75, 3.05) is 13.2 Å². The predicted molar refractivity (Wildman–Crippen MR) is 70.9 cm³/mol. The SMILES string of the molecule is CC(C)CCCNC1COCc2ccccc21. The van der Waals surface area contributed by atoms with Crippen LogP contribution in [0.15, 0.2) is 24.3 Å². The zero-order valence-electron chi connectivity index (χ0n) is 10.9. The van der Waals surface area contributed by atoms with Crippen molar-refractivity contribution in [3.63, 3.8) is 0 Å². The summed E-state index contributed by atoms with van der Waals surface area (Å²) in [6, 6.07) is 8.97. The molecule has 17 heavy (non-hydrogen) atoms. The topological polar surface area (TPSA) is 21.3 Å². The summed E-state index contributed by atoms with van der Waals surface area (Å²) in [7, 11) is 0. The van der Waals surface area contributed by atoms with Gasteiger partial charge in [0.15, 0.2) is 0 Å². The molecule has 1 aromatic carbocycles. The van der Waals surface area contributed by atoms with E-state index in [-0.39, 0.29) is 0 Å². The molecule has 1 aliphatic rings. The fourth-order valence-electron chi connectivity index (χ4n) is 2.34. The maximum absolute atomic E-state index is 5.62. The Kier molecular flexibility index (Phi) is 4.57. The zero-order chi connectivity index (χ0) is 12.1. The average Bonchev–Trinajstić information content (AvgIpc) is 2.34. The van der Waals surface area contributed by atoms with Crippen molar-refractivity contribution in [3.8, 4) is 0 Å². The standard InChI is InChI=1S/C15H23NO/c1-12(2)6-5-9-16-15-11-17-10-13-7-3-4-8-14(13)15/h3-4,7-8,12,15-16H,5-6,9-11H2,1-2H3. The highest BCUT2D eigenvalue weighted by atomic mass is 16.5. The highest BCUT2D eigenvalue weighted by Gasteiger charge is 2.19. The van der Waals surface area contributed by atoms with Gasteiger partial charge in [0.25, 0.3) is 0 Å². The lowest BCUT2D eigenvalue weighted by Gasteiger charge is -2.26. The lowest BCUT2D eigenvalue weighted by Crippen LogP contribution is -2.30. The van der Waals surface area contributed by atoms with Crippen LogP contribution in [0.2, 0.25) is 0 Å². The molecule has 1 unspecified atom stereocenters. The first-order valence-corrected chi connectivity index (χ1v) is 6.66. The Bertz CT molecular complexity index is 349. The van der Waals surface area contributed by atoms with E-state index >= 15 is 0 Å². The second-order valence-corrected chi connectivity index (χ2v) is 5.26. The normalized spacial score (nSPS) is 19.4. The molecule has 1 aromatic rings. The number of fused-ring (bicyclic) bond motifs is 1. The minimum absolute atomic E-state index is 0.382. The Morgan fingerprint density at radius 2 is 2.18 bits per heavy atom. The Hall–Kier alpha value is -0.860. The van der Waals surface area contributed by atoms with Crippen molar-refractivity contribution in [1.29, 1.82) is 0 Å². The number of rotatable bonds is 5. The van der Waals surface area contributed by atoms with Gasteiger partial charge in [-0.05, 0) is 36.4 Å². The molecule has 0 bridgehead atoms. The van der Waals surface area contributed by atoms with Crippen LogP contribution in [-0.2, 0) is 11.3 Å². The van der Waals surface area contributed by atoms with E-state index in [2.05, 4.69) is 43.4 Å². The van der Waals surface area contributed by atoms with Crippen molar-refractivity contribution < 1.29 is 4.74 Å². The maximum Gasteiger partial charge on any atom is 0.0721 e. The molecule has 0 fully saturated rings. The van der Waals surface area contributed by atoms with Crippen LogP contribution in [0.4, 0.5) is 0 Å². The molecule has 0 aromatic heterocycles. The quantitative estimate of drug-likeness (QED) is 0.788. The van der Waals surface area contributed by atoms with Gasteiger partial charge in [-0.2, -0.15) is 0 Å². The molecule has 0 saturated carbocycles. The summed E-state index contributed by atoms with van der Waals surface area (Å²) in [4.78, 5) is 0. The summed E-state index contributed by atoms with van der Waals surface area (Å²) >= 11 is 0. The van der Waals surface area contributed by atoms with E-state index < -0.39 is 0 Å². The Balaban J connectivity index is 1.86. The smallest absolute Gasteiger partial charge is 0.0721 e. The van der Waals surface area contributed by atoms with Crippen LogP contribution < -0.4 is 5.32 Å². The summed E-state index contributed by atoms with van der Waals surface area (Å²) in [5, 5.41) is 3.61. The maximum atomic E-state index is 5.62. The van der Waals surface area contributed by atoms with Crippen molar-refractivity contribution in [3.05, 3.63) is 35.4 Å². The van der Waals surface area contributed by atoms with Gasteiger partial charge in [0.1, 0.15) is 0 Å². The highest BCUT2D eigenvalue weighted by molar-refractivity contribution is 5.30. The fraction of sp³-hybridized carbons (Fsp3) is 0.600. The van der Waals surface area contributed by atoms with E-state index in [4.69, 9.17) is 4.74 Å². The number of hydrogen-bond acceptors (Lipinski definition) is 2. The van der Waals surface area contributed by atoms with Crippen LogP contribution >= 0.6 is 0 Å². The van der Waals surface area contributed by atoms with Crippen LogP contribution in [0.3, 0.4) is 0 Å². The van der Waals surface area contributed by atoms with E-state index in [0.717, 1.165) is 25.7 Å². The predicted octanol–water partition coefficient (Wildman–Crippen LogP) is 3.28. The van der Waals surface area contributed by atoms with Gasteiger partial charge >= 0.3 is 0 Å². The molecule has 0 aliphatic carbocycles. The largest absolute Gasteiger partial charge is 0.375 e. The molecule has 1 aliphatic heterocycles. The second-order valence-electron chi connectivity index (χ2n) is 5.26. The summed E-state index contributed by atoms with van der Waals surface area (Å²) in [6.45, 7) is 7.21.